The summed E-state index contributed by atoms with van der Waals surface area (Å²) in [5.41, 5.74) is -0.790. The molecular weight excluding hydrogens is 481 g/mol. The third-order valence-electron chi connectivity index (χ3n) is 6.69. The normalized spacial score (nSPS) is 25.8. The first-order valence-corrected chi connectivity index (χ1v) is 11.5. The SMILES string of the molecule is N#Cc1c(O[C@@H]2COC3[C@H](O)CO[C@@H]32)[nH]c2cc(F)c(-c3c(F)cc(N4CCOCC4)cc3F)nc12. The first-order chi connectivity index (χ1) is 17.4. The molecule has 3 fully saturated rings. The lowest BCUT2D eigenvalue weighted by atomic mass is 10.1. The van der Waals surface area contributed by atoms with E-state index in [9.17, 15) is 10.4 Å². The number of halogens is 3. The van der Waals surface area contributed by atoms with Crippen molar-refractivity contribution in [2.24, 2.45) is 0 Å². The van der Waals surface area contributed by atoms with E-state index in [1.807, 2.05) is 6.07 Å². The summed E-state index contributed by atoms with van der Waals surface area (Å²) in [5.74, 6) is -2.92. The van der Waals surface area contributed by atoms with Crippen molar-refractivity contribution in [1.82, 2.24) is 9.97 Å². The van der Waals surface area contributed by atoms with E-state index in [-0.39, 0.29) is 35.7 Å². The second-order valence-corrected chi connectivity index (χ2v) is 8.86. The first kappa shape index (κ1) is 23.1. The van der Waals surface area contributed by atoms with Crippen LogP contribution in [0.4, 0.5) is 18.9 Å². The zero-order valence-corrected chi connectivity index (χ0v) is 18.8. The highest BCUT2D eigenvalue weighted by Crippen LogP contribution is 2.36. The molecule has 9 nitrogen and oxygen atoms in total. The lowest BCUT2D eigenvalue weighted by molar-refractivity contribution is 0.00789. The van der Waals surface area contributed by atoms with Gasteiger partial charge in [-0.05, 0) is 12.1 Å². The third-order valence-corrected chi connectivity index (χ3v) is 6.69. The summed E-state index contributed by atoms with van der Waals surface area (Å²) in [6, 6.07) is 5.25. The number of pyridine rings is 1. The minimum atomic E-state index is -0.973. The van der Waals surface area contributed by atoms with E-state index in [2.05, 4.69) is 9.97 Å². The maximum absolute atomic E-state index is 15.1. The number of fused-ring (bicyclic) bond motifs is 2. The van der Waals surface area contributed by atoms with Crippen molar-refractivity contribution in [3.63, 3.8) is 0 Å². The highest BCUT2D eigenvalue weighted by Gasteiger charge is 2.48. The number of benzene rings is 1. The average molecular weight is 502 g/mol. The summed E-state index contributed by atoms with van der Waals surface area (Å²) < 4.78 is 67.5. The zero-order valence-electron chi connectivity index (χ0n) is 18.8. The van der Waals surface area contributed by atoms with Crippen LogP contribution in [-0.4, -0.2) is 79.0 Å². The van der Waals surface area contributed by atoms with Crippen LogP contribution in [-0.2, 0) is 14.2 Å². The second-order valence-electron chi connectivity index (χ2n) is 8.86. The van der Waals surface area contributed by atoms with Crippen LogP contribution < -0.4 is 9.64 Å². The molecule has 12 heteroatoms. The molecule has 2 N–H and O–H groups in total. The summed E-state index contributed by atoms with van der Waals surface area (Å²) in [6.45, 7) is 2.05. The van der Waals surface area contributed by atoms with Gasteiger partial charge in [-0.2, -0.15) is 5.26 Å². The number of rotatable bonds is 4. The molecule has 0 radical (unpaired) electrons. The Kier molecular flexibility index (Phi) is 5.72. The summed E-state index contributed by atoms with van der Waals surface area (Å²) in [6.07, 6.45) is -2.48. The van der Waals surface area contributed by atoms with Gasteiger partial charge in [-0.25, -0.2) is 18.2 Å². The van der Waals surface area contributed by atoms with Gasteiger partial charge in [0.2, 0.25) is 5.88 Å². The summed E-state index contributed by atoms with van der Waals surface area (Å²) in [7, 11) is 0. The maximum Gasteiger partial charge on any atom is 0.212 e. The number of aliphatic hydroxyl groups excluding tert-OH is 1. The number of nitrogens with one attached hydrogen (secondary N) is 1. The monoisotopic (exact) mass is 502 g/mol. The fourth-order valence-corrected chi connectivity index (χ4v) is 4.92. The Bertz CT molecular complexity index is 1350. The van der Waals surface area contributed by atoms with Gasteiger partial charge in [0, 0.05) is 24.8 Å². The molecule has 6 rings (SSSR count). The van der Waals surface area contributed by atoms with E-state index in [0.29, 0.717) is 32.0 Å². The molecule has 3 aliphatic heterocycles. The van der Waals surface area contributed by atoms with Crippen LogP contribution in [0.3, 0.4) is 0 Å². The van der Waals surface area contributed by atoms with Crippen LogP contribution in [0, 0.1) is 28.8 Å². The van der Waals surface area contributed by atoms with E-state index in [1.54, 1.807) is 4.90 Å². The van der Waals surface area contributed by atoms with Gasteiger partial charge in [0.1, 0.15) is 52.8 Å². The van der Waals surface area contributed by atoms with Gasteiger partial charge in [-0.15, -0.1) is 0 Å². The van der Waals surface area contributed by atoms with E-state index in [4.69, 9.17) is 18.9 Å². The lowest BCUT2D eigenvalue weighted by Crippen LogP contribution is -2.36. The Morgan fingerprint density at radius 1 is 1.06 bits per heavy atom. The number of hydrogen-bond acceptors (Lipinski definition) is 8. The molecule has 0 aliphatic carbocycles. The van der Waals surface area contributed by atoms with Crippen molar-refractivity contribution >= 4 is 16.7 Å². The Morgan fingerprint density at radius 3 is 2.50 bits per heavy atom. The quantitative estimate of drug-likeness (QED) is 0.559. The number of morpholine rings is 1. The van der Waals surface area contributed by atoms with E-state index in [0.717, 1.165) is 18.2 Å². The summed E-state index contributed by atoms with van der Waals surface area (Å²) in [4.78, 5) is 8.71. The van der Waals surface area contributed by atoms with Crippen molar-refractivity contribution in [2.45, 2.75) is 24.4 Å². The molecule has 3 aliphatic rings. The zero-order chi connectivity index (χ0) is 25.0. The first-order valence-electron chi connectivity index (χ1n) is 11.5. The van der Waals surface area contributed by atoms with Crippen molar-refractivity contribution in [3.8, 4) is 23.2 Å². The number of aliphatic hydroxyl groups is 1. The molecule has 1 aromatic carbocycles. The highest BCUT2D eigenvalue weighted by atomic mass is 19.1. The average Bonchev–Trinajstić information content (AvgIpc) is 3.54. The van der Waals surface area contributed by atoms with Crippen molar-refractivity contribution in [2.75, 3.05) is 44.4 Å². The molecule has 2 aromatic heterocycles. The fraction of sp³-hybridized carbons (Fsp3) is 0.417. The van der Waals surface area contributed by atoms with Gasteiger partial charge in [0.25, 0.3) is 0 Å². The largest absolute Gasteiger partial charge is 0.469 e. The Labute approximate surface area is 202 Å². The number of H-pyrrole nitrogens is 1. The van der Waals surface area contributed by atoms with Gasteiger partial charge < -0.3 is 33.9 Å². The van der Waals surface area contributed by atoms with Gasteiger partial charge in [0.15, 0.2) is 11.9 Å². The van der Waals surface area contributed by atoms with Gasteiger partial charge >= 0.3 is 0 Å². The molecule has 4 atom stereocenters. The number of nitriles is 1. The Hall–Kier alpha value is -3.37. The fourth-order valence-electron chi connectivity index (χ4n) is 4.92. The number of ether oxygens (including phenoxy) is 4. The number of hydrogen-bond donors (Lipinski definition) is 2. The Balaban J connectivity index is 1.36. The van der Waals surface area contributed by atoms with Crippen LogP contribution in [0.15, 0.2) is 18.2 Å². The van der Waals surface area contributed by atoms with Crippen LogP contribution >= 0.6 is 0 Å². The topological polar surface area (TPSA) is 113 Å². The molecule has 36 heavy (non-hydrogen) atoms. The van der Waals surface area contributed by atoms with E-state index >= 15 is 13.2 Å². The van der Waals surface area contributed by atoms with Crippen molar-refractivity contribution in [3.05, 3.63) is 41.2 Å². The molecular formula is C24H21F3N4O5. The van der Waals surface area contributed by atoms with Crippen molar-refractivity contribution in [1.29, 1.82) is 5.26 Å². The summed E-state index contributed by atoms with van der Waals surface area (Å²) >= 11 is 0. The van der Waals surface area contributed by atoms with Crippen LogP contribution in [0.1, 0.15) is 5.56 Å². The predicted octanol–water partition coefficient (Wildman–Crippen LogP) is 2.26. The standard InChI is InChI=1S/C24H21F3N4O5/c25-13-5-11(31-1-3-33-4-2-31)6-14(26)19(13)21-15(27)7-16-20(30-21)12(8-28)24(29-16)36-18-10-35-22-17(32)9-34-23(18)22/h5-7,17-18,22-23,29,32H,1-4,9-10H2/t17-,18-,22?,23-/m1/s1. The molecule has 0 spiro atoms. The molecule has 3 saturated heterocycles. The van der Waals surface area contributed by atoms with Crippen LogP contribution in [0.2, 0.25) is 0 Å². The van der Waals surface area contributed by atoms with Crippen molar-refractivity contribution < 1.29 is 37.2 Å². The van der Waals surface area contributed by atoms with Gasteiger partial charge in [-0.3, -0.25) is 0 Å². The number of anilines is 1. The minimum Gasteiger partial charge on any atom is -0.469 e. The van der Waals surface area contributed by atoms with Gasteiger partial charge in [-0.1, -0.05) is 0 Å². The smallest absolute Gasteiger partial charge is 0.212 e. The molecule has 0 bridgehead atoms. The van der Waals surface area contributed by atoms with Crippen LogP contribution in [0.5, 0.6) is 5.88 Å². The number of aromatic amines is 1. The molecule has 5 heterocycles. The van der Waals surface area contributed by atoms with Gasteiger partial charge in [0.05, 0.1) is 37.5 Å². The maximum atomic E-state index is 15.1. The second kappa shape index (κ2) is 8.94. The van der Waals surface area contributed by atoms with E-state index in [1.165, 1.54) is 0 Å². The highest BCUT2D eigenvalue weighted by molar-refractivity contribution is 5.87. The molecule has 0 saturated carbocycles. The molecule has 3 aromatic rings. The number of nitrogens with zero attached hydrogens (tertiary/aromatic N) is 3. The predicted molar refractivity (Wildman–Crippen MR) is 119 cm³/mol. The van der Waals surface area contributed by atoms with Crippen LogP contribution in [0.25, 0.3) is 22.3 Å². The minimum absolute atomic E-state index is 0.000556. The summed E-state index contributed by atoms with van der Waals surface area (Å²) in [5, 5.41) is 19.7. The third kappa shape index (κ3) is 3.75. The molecule has 1 unspecified atom stereocenters. The lowest BCUT2D eigenvalue weighted by Gasteiger charge is -2.29. The molecule has 188 valence electrons. The number of aromatic nitrogens is 2. The van der Waals surface area contributed by atoms with E-state index < -0.39 is 53.1 Å². The molecule has 0 amide bonds. The Morgan fingerprint density at radius 2 is 1.78 bits per heavy atom.